The van der Waals surface area contributed by atoms with Crippen LogP contribution in [0.5, 0.6) is 0 Å². The molecule has 5 atom stereocenters. The molecule has 0 saturated carbocycles. The highest BCUT2D eigenvalue weighted by Crippen LogP contribution is 2.38. The Bertz CT molecular complexity index is 276. The molecule has 1 aliphatic rings. The molecule has 1 saturated heterocycles. The molecular formula is C7H15O8P. The molecule has 5 N–H and O–H groups in total. The van der Waals surface area contributed by atoms with Crippen molar-refractivity contribution in [1.29, 1.82) is 0 Å². The van der Waals surface area contributed by atoms with Gasteiger partial charge in [0.1, 0.15) is 24.4 Å². The van der Waals surface area contributed by atoms with Crippen molar-refractivity contribution in [2.75, 3.05) is 13.3 Å². The summed E-state index contributed by atoms with van der Waals surface area (Å²) in [5.74, 6) is 0. The van der Waals surface area contributed by atoms with Crippen molar-refractivity contribution in [3.05, 3.63) is 0 Å². The summed E-state index contributed by atoms with van der Waals surface area (Å²) in [6.45, 7) is 0. The maximum atomic E-state index is 10.7. The SMILES string of the molecule is CO[C@H]1O[C@H](CP(=O)(O)O)[C@@H](O)[C@H](O)[C@H]1O. The Kier molecular flexibility index (Phi) is 4.44. The summed E-state index contributed by atoms with van der Waals surface area (Å²) in [7, 11) is -3.19. The van der Waals surface area contributed by atoms with Crippen LogP contribution in [0.1, 0.15) is 0 Å². The number of methoxy groups -OCH3 is 1. The van der Waals surface area contributed by atoms with Crippen molar-refractivity contribution >= 4 is 7.60 Å². The molecule has 16 heavy (non-hydrogen) atoms. The van der Waals surface area contributed by atoms with Crippen LogP contribution < -0.4 is 0 Å². The van der Waals surface area contributed by atoms with E-state index in [0.717, 1.165) is 0 Å². The average molecular weight is 258 g/mol. The lowest BCUT2D eigenvalue weighted by Gasteiger charge is -2.39. The minimum atomic E-state index is -4.39. The topological polar surface area (TPSA) is 137 Å². The summed E-state index contributed by atoms with van der Waals surface area (Å²) in [6, 6.07) is 0. The van der Waals surface area contributed by atoms with Crippen molar-refractivity contribution < 1.29 is 39.1 Å². The first-order valence-electron chi connectivity index (χ1n) is 4.53. The molecule has 96 valence electrons. The van der Waals surface area contributed by atoms with E-state index in [9.17, 15) is 19.9 Å². The molecule has 1 heterocycles. The fraction of sp³-hybridized carbons (Fsp3) is 1.00. The van der Waals surface area contributed by atoms with E-state index in [2.05, 4.69) is 4.74 Å². The summed E-state index contributed by atoms with van der Waals surface area (Å²) < 4.78 is 20.3. The molecule has 0 unspecified atom stereocenters. The lowest BCUT2D eigenvalue weighted by molar-refractivity contribution is -0.285. The lowest BCUT2D eigenvalue weighted by atomic mass is 10.00. The first kappa shape index (κ1) is 14.0. The van der Waals surface area contributed by atoms with Crippen LogP contribution in [-0.4, -0.2) is 69.1 Å². The third kappa shape index (κ3) is 3.22. The largest absolute Gasteiger partial charge is 0.388 e. The smallest absolute Gasteiger partial charge is 0.328 e. The average Bonchev–Trinajstić information content (AvgIpc) is 2.17. The highest BCUT2D eigenvalue weighted by Gasteiger charge is 2.45. The Hall–Kier alpha value is -0.0500. The zero-order valence-electron chi connectivity index (χ0n) is 8.50. The Labute approximate surface area is 91.6 Å². The molecule has 0 amide bonds. The summed E-state index contributed by atoms with van der Waals surface area (Å²) in [5, 5.41) is 28.2. The van der Waals surface area contributed by atoms with Crippen LogP contribution in [0.15, 0.2) is 0 Å². The molecular weight excluding hydrogens is 243 g/mol. The van der Waals surface area contributed by atoms with Crippen LogP contribution in [0.2, 0.25) is 0 Å². The van der Waals surface area contributed by atoms with E-state index in [4.69, 9.17) is 14.5 Å². The molecule has 1 fully saturated rings. The van der Waals surface area contributed by atoms with Gasteiger partial charge in [0.05, 0.1) is 6.16 Å². The van der Waals surface area contributed by atoms with E-state index in [-0.39, 0.29) is 0 Å². The predicted octanol–water partition coefficient (Wildman–Crippen LogP) is -2.38. The lowest BCUT2D eigenvalue weighted by Crippen LogP contribution is -2.58. The monoisotopic (exact) mass is 258 g/mol. The molecule has 8 nitrogen and oxygen atoms in total. The molecule has 0 aromatic carbocycles. The number of hydrogen-bond donors (Lipinski definition) is 5. The Morgan fingerprint density at radius 1 is 1.19 bits per heavy atom. The van der Waals surface area contributed by atoms with Gasteiger partial charge in [0.2, 0.25) is 0 Å². The Morgan fingerprint density at radius 2 is 1.75 bits per heavy atom. The molecule has 0 aliphatic carbocycles. The third-order valence-electron chi connectivity index (χ3n) is 2.32. The summed E-state index contributed by atoms with van der Waals surface area (Å²) in [5.41, 5.74) is 0. The second-order valence-corrected chi connectivity index (χ2v) is 5.29. The van der Waals surface area contributed by atoms with Gasteiger partial charge in [0.25, 0.3) is 0 Å². The van der Waals surface area contributed by atoms with Gasteiger partial charge in [-0.2, -0.15) is 0 Å². The second-order valence-electron chi connectivity index (χ2n) is 3.60. The highest BCUT2D eigenvalue weighted by molar-refractivity contribution is 7.51. The predicted molar refractivity (Wildman–Crippen MR) is 50.6 cm³/mol. The molecule has 0 spiro atoms. The van der Waals surface area contributed by atoms with Gasteiger partial charge in [-0.1, -0.05) is 0 Å². The zero-order valence-corrected chi connectivity index (χ0v) is 9.40. The number of hydrogen-bond acceptors (Lipinski definition) is 6. The van der Waals surface area contributed by atoms with E-state index in [1.165, 1.54) is 7.11 Å². The maximum absolute atomic E-state index is 10.7. The minimum Gasteiger partial charge on any atom is -0.388 e. The maximum Gasteiger partial charge on any atom is 0.328 e. The molecule has 0 aromatic rings. The Morgan fingerprint density at radius 3 is 2.19 bits per heavy atom. The van der Waals surface area contributed by atoms with Crippen LogP contribution in [0.4, 0.5) is 0 Å². The van der Waals surface area contributed by atoms with E-state index in [1.807, 2.05) is 0 Å². The minimum absolute atomic E-state index is 0.752. The van der Waals surface area contributed by atoms with Crippen molar-refractivity contribution in [3.8, 4) is 0 Å². The molecule has 1 rings (SSSR count). The number of aliphatic hydroxyl groups excluding tert-OH is 3. The van der Waals surface area contributed by atoms with Crippen molar-refractivity contribution in [2.45, 2.75) is 30.7 Å². The van der Waals surface area contributed by atoms with E-state index < -0.39 is 44.5 Å². The van der Waals surface area contributed by atoms with Gasteiger partial charge in [-0.3, -0.25) is 4.57 Å². The van der Waals surface area contributed by atoms with Gasteiger partial charge in [0, 0.05) is 7.11 Å². The standard InChI is InChI=1S/C7H15O8P/c1-14-7-6(10)5(9)4(8)3(15-7)2-16(11,12)13/h3-10H,2H2,1H3,(H2,11,12,13)/t3-,4-,5+,6-,7+/m1/s1. The molecule has 0 bridgehead atoms. The van der Waals surface area contributed by atoms with E-state index in [1.54, 1.807) is 0 Å². The second kappa shape index (κ2) is 5.07. The summed E-state index contributed by atoms with van der Waals surface area (Å²) in [6.07, 6.45) is -7.88. The van der Waals surface area contributed by atoms with Gasteiger partial charge >= 0.3 is 7.60 Å². The number of rotatable bonds is 3. The highest BCUT2D eigenvalue weighted by atomic mass is 31.2. The number of aliphatic hydroxyl groups is 3. The molecule has 0 radical (unpaired) electrons. The van der Waals surface area contributed by atoms with Crippen molar-refractivity contribution in [1.82, 2.24) is 0 Å². The van der Waals surface area contributed by atoms with Gasteiger partial charge < -0.3 is 34.6 Å². The van der Waals surface area contributed by atoms with Gasteiger partial charge in [-0.25, -0.2) is 0 Å². The van der Waals surface area contributed by atoms with E-state index >= 15 is 0 Å². The molecule has 9 heteroatoms. The van der Waals surface area contributed by atoms with Crippen LogP contribution in [0, 0.1) is 0 Å². The van der Waals surface area contributed by atoms with Crippen LogP contribution in [-0.2, 0) is 14.0 Å². The van der Waals surface area contributed by atoms with Crippen molar-refractivity contribution in [2.24, 2.45) is 0 Å². The van der Waals surface area contributed by atoms with Gasteiger partial charge in [-0.15, -0.1) is 0 Å². The summed E-state index contributed by atoms with van der Waals surface area (Å²) >= 11 is 0. The first-order valence-corrected chi connectivity index (χ1v) is 6.33. The third-order valence-corrected chi connectivity index (χ3v) is 3.15. The van der Waals surface area contributed by atoms with Crippen LogP contribution in [0.25, 0.3) is 0 Å². The van der Waals surface area contributed by atoms with Crippen LogP contribution in [0.3, 0.4) is 0 Å². The normalized spacial score (nSPS) is 41.0. The molecule has 1 aliphatic heterocycles. The molecule has 0 aromatic heterocycles. The van der Waals surface area contributed by atoms with Crippen molar-refractivity contribution in [3.63, 3.8) is 0 Å². The Balaban J connectivity index is 2.75. The quantitative estimate of drug-likeness (QED) is 0.354. The fourth-order valence-corrected chi connectivity index (χ4v) is 2.27. The number of ether oxygens (including phenoxy) is 2. The first-order chi connectivity index (χ1) is 7.26. The van der Waals surface area contributed by atoms with Crippen LogP contribution >= 0.6 is 7.60 Å². The zero-order chi connectivity index (χ0) is 12.5. The van der Waals surface area contributed by atoms with E-state index in [0.29, 0.717) is 0 Å². The summed E-state index contributed by atoms with van der Waals surface area (Å²) in [4.78, 5) is 17.5. The fourth-order valence-electron chi connectivity index (χ4n) is 1.50. The van der Waals surface area contributed by atoms with Gasteiger partial charge in [0.15, 0.2) is 6.29 Å². The van der Waals surface area contributed by atoms with Gasteiger partial charge in [-0.05, 0) is 0 Å².